The van der Waals surface area contributed by atoms with Crippen molar-refractivity contribution < 1.29 is 19.5 Å². The van der Waals surface area contributed by atoms with E-state index < -0.39 is 17.4 Å². The van der Waals surface area contributed by atoms with Gasteiger partial charge in [-0.2, -0.15) is 0 Å². The van der Waals surface area contributed by atoms with Gasteiger partial charge in [0.1, 0.15) is 11.8 Å². The number of carboxylic acid groups (broad SMARTS) is 1. The second-order valence-electron chi connectivity index (χ2n) is 16.2. The molecule has 0 aliphatic heterocycles. The second kappa shape index (κ2) is 8.68. The van der Waals surface area contributed by atoms with E-state index in [1.165, 1.54) is 5.57 Å². The number of hydrogen-bond donors (Lipinski definition) is 2. The van der Waals surface area contributed by atoms with Gasteiger partial charge in [-0.3, -0.25) is 14.4 Å². The maximum Gasteiger partial charge on any atom is 0.325 e. The lowest BCUT2D eigenvalue weighted by Gasteiger charge is -2.75. The third-order valence-electron chi connectivity index (χ3n) is 14.7. The van der Waals surface area contributed by atoms with Crippen LogP contribution in [0.4, 0.5) is 0 Å². The van der Waals surface area contributed by atoms with E-state index in [1.54, 1.807) is 6.92 Å². The van der Waals surface area contributed by atoms with Crippen LogP contribution >= 0.6 is 0 Å². The lowest BCUT2D eigenvalue weighted by atomic mass is 9.29. The average Bonchev–Trinajstić information content (AvgIpc) is 3.26. The molecule has 0 aromatic heterocycles. The van der Waals surface area contributed by atoms with Gasteiger partial charge in [0.25, 0.3) is 0 Å². The Labute approximate surface area is 236 Å². The van der Waals surface area contributed by atoms with E-state index in [9.17, 15) is 19.5 Å². The van der Waals surface area contributed by atoms with Gasteiger partial charge < -0.3 is 10.4 Å². The lowest BCUT2D eigenvalue weighted by Crippen LogP contribution is -2.70. The molecule has 2 N–H and O–H groups in total. The first-order valence-corrected chi connectivity index (χ1v) is 15.6. The minimum Gasteiger partial charge on any atom is -0.480 e. The van der Waals surface area contributed by atoms with Crippen LogP contribution in [0.25, 0.3) is 0 Å². The number of ketones is 1. The van der Waals surface area contributed by atoms with E-state index in [1.807, 2.05) is 0 Å². The first-order chi connectivity index (χ1) is 17.9. The Bertz CT molecular complexity index is 1110. The number of amides is 1. The van der Waals surface area contributed by atoms with Crippen molar-refractivity contribution in [1.82, 2.24) is 5.32 Å². The molecular formula is C34H53NO4. The molecule has 5 aliphatic rings. The van der Waals surface area contributed by atoms with Crippen LogP contribution in [0.1, 0.15) is 120 Å². The average molecular weight is 540 g/mol. The molecule has 5 nitrogen and oxygen atoms in total. The molecule has 0 aromatic carbocycles. The normalized spacial score (nSPS) is 49.1. The quantitative estimate of drug-likeness (QED) is 0.370. The summed E-state index contributed by atoms with van der Waals surface area (Å²) in [5.74, 6) is 0.841. The summed E-state index contributed by atoms with van der Waals surface area (Å²) >= 11 is 0. The number of carbonyl (C=O) groups excluding carboxylic acids is 2. The molecule has 0 radical (unpaired) electrons. The molecule has 5 rings (SSSR count). The number of carbonyl (C=O) groups is 3. The number of carboxylic acids is 1. The number of Topliss-reactive ketones (excluding diaryl/α,β-unsaturated/α-hetero) is 1. The number of hydrogen-bond acceptors (Lipinski definition) is 3. The third-order valence-corrected chi connectivity index (χ3v) is 14.7. The van der Waals surface area contributed by atoms with Gasteiger partial charge in [0.05, 0.1) is 5.41 Å². The van der Waals surface area contributed by atoms with Crippen molar-refractivity contribution in [2.75, 3.05) is 0 Å². The van der Waals surface area contributed by atoms with Gasteiger partial charge >= 0.3 is 5.97 Å². The third kappa shape index (κ3) is 3.46. The maximum absolute atomic E-state index is 14.1. The van der Waals surface area contributed by atoms with Crippen LogP contribution in [-0.2, 0) is 14.4 Å². The Morgan fingerprint density at radius 1 is 0.897 bits per heavy atom. The summed E-state index contributed by atoms with van der Waals surface area (Å²) in [7, 11) is 0. The highest BCUT2D eigenvalue weighted by Gasteiger charge is 2.75. The van der Waals surface area contributed by atoms with Gasteiger partial charge in [-0.15, -0.1) is 0 Å². The topological polar surface area (TPSA) is 83.5 Å². The van der Waals surface area contributed by atoms with Crippen LogP contribution < -0.4 is 5.32 Å². The van der Waals surface area contributed by atoms with Crippen molar-refractivity contribution in [1.29, 1.82) is 0 Å². The molecule has 0 bridgehead atoms. The van der Waals surface area contributed by atoms with Crippen LogP contribution in [0.15, 0.2) is 12.2 Å². The summed E-state index contributed by atoms with van der Waals surface area (Å²) in [6.45, 7) is 22.7. The molecule has 1 amide bonds. The van der Waals surface area contributed by atoms with Crippen molar-refractivity contribution in [3.8, 4) is 0 Å². The van der Waals surface area contributed by atoms with E-state index in [0.29, 0.717) is 24.0 Å². The molecular weight excluding hydrogens is 486 g/mol. The molecule has 5 aliphatic carbocycles. The lowest BCUT2D eigenvalue weighted by molar-refractivity contribution is -0.266. The molecule has 5 fully saturated rings. The van der Waals surface area contributed by atoms with Crippen LogP contribution in [0, 0.1) is 56.2 Å². The Morgan fingerprint density at radius 2 is 1.51 bits per heavy atom. The molecule has 5 saturated carbocycles. The standard InChI is InChI=1S/C34H53NO4/c1-20(2)22-10-17-34(28(39)35-21(3)27(37)38)19-18-33(9)31(7)15-11-23-29(4,5)25(36)13-14-30(23,6)24(31)12-16-32(33,8)26(22)34/h21-24,26H,1,10-19H2,2-9H3,(H,35,39)(H,37,38)/t21?,22-,23?,24?,26?,30-,31+,32+,33-,34-/m0/s1. The highest BCUT2D eigenvalue weighted by molar-refractivity contribution is 5.88. The molecule has 0 saturated heterocycles. The summed E-state index contributed by atoms with van der Waals surface area (Å²) in [6.07, 6.45) is 9.75. The van der Waals surface area contributed by atoms with Crippen molar-refractivity contribution >= 4 is 17.7 Å². The Morgan fingerprint density at radius 3 is 2.13 bits per heavy atom. The largest absolute Gasteiger partial charge is 0.480 e. The molecule has 4 unspecified atom stereocenters. The van der Waals surface area contributed by atoms with Crippen LogP contribution in [0.5, 0.6) is 0 Å². The van der Waals surface area contributed by atoms with Crippen LogP contribution in [0.2, 0.25) is 0 Å². The summed E-state index contributed by atoms with van der Waals surface area (Å²) in [5, 5.41) is 12.5. The van der Waals surface area contributed by atoms with Crippen molar-refractivity contribution in [2.45, 2.75) is 126 Å². The zero-order valence-corrected chi connectivity index (χ0v) is 25.8. The van der Waals surface area contributed by atoms with E-state index in [-0.39, 0.29) is 44.8 Å². The minimum absolute atomic E-state index is 0.0490. The predicted octanol–water partition coefficient (Wildman–Crippen LogP) is 7.19. The number of rotatable bonds is 4. The van der Waals surface area contributed by atoms with Crippen LogP contribution in [-0.4, -0.2) is 28.8 Å². The van der Waals surface area contributed by atoms with E-state index in [4.69, 9.17) is 0 Å². The molecule has 218 valence electrons. The Kier molecular flexibility index (Phi) is 6.42. The fraction of sp³-hybridized carbons (Fsp3) is 0.853. The zero-order valence-electron chi connectivity index (χ0n) is 25.8. The number of nitrogens with one attached hydrogen (secondary N) is 1. The van der Waals surface area contributed by atoms with Gasteiger partial charge in [0.15, 0.2) is 0 Å². The fourth-order valence-electron chi connectivity index (χ4n) is 12.3. The van der Waals surface area contributed by atoms with Crippen molar-refractivity contribution in [2.24, 2.45) is 56.2 Å². The summed E-state index contributed by atoms with van der Waals surface area (Å²) in [4.78, 5) is 38.8. The molecule has 10 atom stereocenters. The SMILES string of the molecule is C=C(C)[C@@H]1CC[C@]2(C(=O)NC(C)C(=O)O)CC[C@]3(C)[C@](C)(CCC4[C@@]5(C)CCC(=O)C(C)(C)C5CC[C@]43C)C12. The molecule has 0 aromatic rings. The van der Waals surface area contributed by atoms with Gasteiger partial charge in [-0.05, 0) is 117 Å². The van der Waals surface area contributed by atoms with E-state index >= 15 is 0 Å². The minimum atomic E-state index is -0.982. The van der Waals surface area contributed by atoms with Crippen molar-refractivity contribution in [3.05, 3.63) is 12.2 Å². The summed E-state index contributed by atoms with van der Waals surface area (Å²) < 4.78 is 0. The molecule has 0 spiro atoms. The molecule has 0 heterocycles. The maximum atomic E-state index is 14.1. The second-order valence-corrected chi connectivity index (χ2v) is 16.2. The summed E-state index contributed by atoms with van der Waals surface area (Å²) in [5.41, 5.74) is 0.652. The Balaban J connectivity index is 1.58. The Hall–Kier alpha value is -1.65. The highest BCUT2D eigenvalue weighted by atomic mass is 16.4. The molecule has 5 heteroatoms. The number of aliphatic carboxylic acids is 1. The van der Waals surface area contributed by atoms with E-state index in [0.717, 1.165) is 57.8 Å². The van der Waals surface area contributed by atoms with Crippen molar-refractivity contribution in [3.63, 3.8) is 0 Å². The van der Waals surface area contributed by atoms with Gasteiger partial charge in [0.2, 0.25) is 5.91 Å². The van der Waals surface area contributed by atoms with Gasteiger partial charge in [0, 0.05) is 11.8 Å². The predicted molar refractivity (Wildman–Crippen MR) is 154 cm³/mol. The summed E-state index contributed by atoms with van der Waals surface area (Å²) in [6, 6.07) is -0.890. The zero-order chi connectivity index (χ0) is 29.0. The smallest absolute Gasteiger partial charge is 0.325 e. The first kappa shape index (κ1) is 28.9. The van der Waals surface area contributed by atoms with Gasteiger partial charge in [-0.1, -0.05) is 53.7 Å². The van der Waals surface area contributed by atoms with Crippen LogP contribution in [0.3, 0.4) is 0 Å². The number of fused-ring (bicyclic) bond motifs is 7. The fourth-order valence-corrected chi connectivity index (χ4v) is 12.3. The van der Waals surface area contributed by atoms with E-state index in [2.05, 4.69) is 60.4 Å². The van der Waals surface area contributed by atoms with Gasteiger partial charge in [-0.25, -0.2) is 0 Å². The molecule has 39 heavy (non-hydrogen) atoms. The number of allylic oxidation sites excluding steroid dienone is 1. The highest BCUT2D eigenvalue weighted by Crippen LogP contribution is 2.81. The monoisotopic (exact) mass is 539 g/mol. The first-order valence-electron chi connectivity index (χ1n) is 15.6.